The van der Waals surface area contributed by atoms with E-state index in [0.29, 0.717) is 56.7 Å². The van der Waals surface area contributed by atoms with Crippen LogP contribution >= 0.6 is 0 Å². The van der Waals surface area contributed by atoms with Crippen molar-refractivity contribution >= 4 is 23.6 Å². The maximum atomic E-state index is 13.5. The van der Waals surface area contributed by atoms with E-state index in [1.807, 2.05) is 0 Å². The Hall–Kier alpha value is -4.52. The van der Waals surface area contributed by atoms with Crippen LogP contribution in [0.15, 0.2) is 24.3 Å². The van der Waals surface area contributed by atoms with Gasteiger partial charge in [0.25, 0.3) is 23.6 Å². The molecule has 48 heavy (non-hydrogen) atoms. The van der Waals surface area contributed by atoms with E-state index in [9.17, 15) is 19.2 Å². The number of nitrogens with one attached hydrogen (secondary N) is 4. The molecule has 2 aromatic rings. The summed E-state index contributed by atoms with van der Waals surface area (Å²) in [5.41, 5.74) is 6.50. The molecule has 0 unspecified atom stereocenters. The van der Waals surface area contributed by atoms with Crippen molar-refractivity contribution in [1.82, 2.24) is 21.3 Å². The molecule has 0 heterocycles. The second-order valence-corrected chi connectivity index (χ2v) is 12.2. The van der Waals surface area contributed by atoms with E-state index in [-0.39, 0.29) is 75.5 Å². The molecule has 13 heteroatoms. The van der Waals surface area contributed by atoms with Gasteiger partial charge in [0.15, 0.2) is 0 Å². The largest absolute Gasteiger partial charge is 0.496 e. The Morgan fingerprint density at radius 2 is 0.917 bits per heavy atom. The Bertz CT molecular complexity index is 1450. The fourth-order valence-corrected chi connectivity index (χ4v) is 6.33. The number of amides is 4. The molecule has 0 aromatic heterocycles. The highest BCUT2D eigenvalue weighted by Gasteiger charge is 2.29. The molecule has 2 fully saturated rings. The molecule has 2 saturated carbocycles. The fraction of sp³-hybridized carbons (Fsp3) is 0.543. The standard InChI is InChI=1S/C35H49N5O8/c1-45-28-19-29(46-2)25(17-24(28)32(41)37-16-8-15-36)34(43)39-22-11-13-23(14-12-22)40-35(44)27-18-26(30(47-3)20-31(27)48-4)33(42)38-21-9-6-5-7-10-21/h17-23H,5-16,36H2,1-4H3,(H,37,41)(H,38,42)(H,39,43)(H,40,44). The minimum absolute atomic E-state index is 0.102. The van der Waals surface area contributed by atoms with Gasteiger partial charge in [-0.25, -0.2) is 0 Å². The van der Waals surface area contributed by atoms with E-state index in [0.717, 1.165) is 25.7 Å². The Balaban J connectivity index is 1.39. The first-order valence-corrected chi connectivity index (χ1v) is 16.7. The first-order chi connectivity index (χ1) is 23.2. The zero-order chi connectivity index (χ0) is 34.6. The van der Waals surface area contributed by atoms with Crippen molar-refractivity contribution < 1.29 is 38.1 Å². The monoisotopic (exact) mass is 667 g/mol. The van der Waals surface area contributed by atoms with Gasteiger partial charge in [0.2, 0.25) is 0 Å². The minimum Gasteiger partial charge on any atom is -0.496 e. The van der Waals surface area contributed by atoms with Crippen LogP contribution in [0.5, 0.6) is 23.0 Å². The highest BCUT2D eigenvalue weighted by Crippen LogP contribution is 2.32. The van der Waals surface area contributed by atoms with E-state index in [1.165, 1.54) is 53.1 Å². The fourth-order valence-electron chi connectivity index (χ4n) is 6.33. The zero-order valence-electron chi connectivity index (χ0n) is 28.4. The van der Waals surface area contributed by atoms with Crippen molar-refractivity contribution in [3.63, 3.8) is 0 Å². The molecule has 0 aliphatic heterocycles. The van der Waals surface area contributed by atoms with Gasteiger partial charge in [-0.15, -0.1) is 0 Å². The number of benzene rings is 2. The quantitative estimate of drug-likeness (QED) is 0.189. The topological polar surface area (TPSA) is 179 Å². The summed E-state index contributed by atoms with van der Waals surface area (Å²) in [6.45, 7) is 0.837. The van der Waals surface area contributed by atoms with Gasteiger partial charge in [0.05, 0.1) is 50.7 Å². The number of hydrogen-bond acceptors (Lipinski definition) is 9. The molecule has 262 valence electrons. The van der Waals surface area contributed by atoms with Crippen LogP contribution in [-0.4, -0.2) is 83.3 Å². The molecule has 2 aromatic carbocycles. The van der Waals surface area contributed by atoms with Gasteiger partial charge in [0, 0.05) is 36.8 Å². The highest BCUT2D eigenvalue weighted by molar-refractivity contribution is 6.04. The van der Waals surface area contributed by atoms with Gasteiger partial charge in [-0.1, -0.05) is 19.3 Å². The van der Waals surface area contributed by atoms with Crippen LogP contribution in [0.1, 0.15) is 106 Å². The molecular weight excluding hydrogens is 618 g/mol. The lowest BCUT2D eigenvalue weighted by Crippen LogP contribution is -2.44. The Morgan fingerprint density at radius 1 is 0.562 bits per heavy atom. The van der Waals surface area contributed by atoms with Crippen molar-refractivity contribution in [2.75, 3.05) is 41.5 Å². The number of carbonyl (C=O) groups is 4. The van der Waals surface area contributed by atoms with Crippen molar-refractivity contribution in [2.45, 2.75) is 82.3 Å². The van der Waals surface area contributed by atoms with Gasteiger partial charge in [0.1, 0.15) is 23.0 Å². The molecule has 13 nitrogen and oxygen atoms in total. The van der Waals surface area contributed by atoms with Gasteiger partial charge in [-0.3, -0.25) is 19.2 Å². The molecule has 0 bridgehead atoms. The Morgan fingerprint density at radius 3 is 1.27 bits per heavy atom. The average molecular weight is 668 g/mol. The Kier molecular flexibility index (Phi) is 13.3. The summed E-state index contributed by atoms with van der Waals surface area (Å²) in [7, 11) is 5.84. The average Bonchev–Trinajstić information content (AvgIpc) is 3.11. The van der Waals surface area contributed by atoms with E-state index in [1.54, 1.807) is 6.07 Å². The smallest absolute Gasteiger partial charge is 0.255 e. The second-order valence-electron chi connectivity index (χ2n) is 12.2. The number of hydrogen-bond donors (Lipinski definition) is 5. The molecule has 2 aliphatic rings. The highest BCUT2D eigenvalue weighted by atomic mass is 16.5. The van der Waals surface area contributed by atoms with E-state index in [2.05, 4.69) is 21.3 Å². The predicted octanol–water partition coefficient (Wildman–Crippen LogP) is 3.33. The third-order valence-electron chi connectivity index (χ3n) is 9.03. The number of rotatable bonds is 14. The molecule has 0 radical (unpaired) electrons. The molecule has 0 spiro atoms. The van der Waals surface area contributed by atoms with Crippen molar-refractivity contribution in [3.8, 4) is 23.0 Å². The molecule has 4 rings (SSSR count). The number of carbonyl (C=O) groups excluding carboxylic acids is 4. The molecular formula is C35H49N5O8. The predicted molar refractivity (Wildman–Crippen MR) is 180 cm³/mol. The summed E-state index contributed by atoms with van der Waals surface area (Å²) in [4.78, 5) is 52.9. The number of methoxy groups -OCH3 is 4. The van der Waals surface area contributed by atoms with Crippen LogP contribution in [0.3, 0.4) is 0 Å². The maximum Gasteiger partial charge on any atom is 0.255 e. The van der Waals surface area contributed by atoms with E-state index in [4.69, 9.17) is 24.7 Å². The third kappa shape index (κ3) is 9.09. The van der Waals surface area contributed by atoms with Gasteiger partial charge >= 0.3 is 0 Å². The zero-order valence-corrected chi connectivity index (χ0v) is 28.4. The van der Waals surface area contributed by atoms with Gasteiger partial charge in [-0.2, -0.15) is 0 Å². The van der Waals surface area contributed by atoms with Crippen LogP contribution in [0.2, 0.25) is 0 Å². The van der Waals surface area contributed by atoms with Crippen molar-refractivity contribution in [3.05, 3.63) is 46.5 Å². The first-order valence-electron chi connectivity index (χ1n) is 16.7. The van der Waals surface area contributed by atoms with Crippen molar-refractivity contribution in [2.24, 2.45) is 5.73 Å². The van der Waals surface area contributed by atoms with E-state index >= 15 is 0 Å². The second kappa shape index (κ2) is 17.6. The lowest BCUT2D eigenvalue weighted by atomic mass is 9.90. The molecule has 2 aliphatic carbocycles. The SMILES string of the molecule is COc1cc(OC)c(C(=O)NC2CCC(NC(=O)c3cc(C(=O)NC4CCCCC4)c(OC)cc3OC)CC2)cc1C(=O)NCCCN. The van der Waals surface area contributed by atoms with Crippen LogP contribution in [0.4, 0.5) is 0 Å². The normalized spacial score (nSPS) is 17.9. The Labute approximate surface area is 282 Å². The summed E-state index contributed by atoms with van der Waals surface area (Å²) in [5.74, 6) is -0.173. The van der Waals surface area contributed by atoms with Crippen LogP contribution in [0.25, 0.3) is 0 Å². The molecule has 0 saturated heterocycles. The summed E-state index contributed by atoms with van der Waals surface area (Å²) >= 11 is 0. The van der Waals surface area contributed by atoms with Crippen LogP contribution in [-0.2, 0) is 0 Å². The maximum absolute atomic E-state index is 13.5. The van der Waals surface area contributed by atoms with Crippen LogP contribution in [0, 0.1) is 0 Å². The summed E-state index contributed by atoms with van der Waals surface area (Å²) in [5, 5.41) is 12.0. The van der Waals surface area contributed by atoms with Gasteiger partial charge in [-0.05, 0) is 63.6 Å². The molecule has 0 atom stereocenters. The lowest BCUT2D eigenvalue weighted by molar-refractivity contribution is 0.0886. The third-order valence-corrected chi connectivity index (χ3v) is 9.03. The lowest BCUT2D eigenvalue weighted by Gasteiger charge is -2.30. The van der Waals surface area contributed by atoms with E-state index < -0.39 is 0 Å². The number of ether oxygens (including phenoxy) is 4. The summed E-state index contributed by atoms with van der Waals surface area (Å²) < 4.78 is 21.8. The van der Waals surface area contributed by atoms with Crippen molar-refractivity contribution in [1.29, 1.82) is 0 Å². The summed E-state index contributed by atoms with van der Waals surface area (Å²) in [6.07, 6.45) is 8.30. The summed E-state index contributed by atoms with van der Waals surface area (Å²) in [6, 6.07) is 5.91. The minimum atomic E-state index is -0.376. The number of nitrogens with two attached hydrogens (primary N) is 1. The van der Waals surface area contributed by atoms with Gasteiger partial charge < -0.3 is 45.9 Å². The van der Waals surface area contributed by atoms with Crippen LogP contribution < -0.4 is 45.9 Å². The molecule has 4 amide bonds. The first kappa shape index (κ1) is 36.3. The molecule has 6 N–H and O–H groups in total.